The maximum absolute atomic E-state index is 13.7. The Hall–Kier alpha value is -3.03. The number of amides is 2. The molecule has 0 aromatic heterocycles. The maximum Gasteiger partial charge on any atom is 0.326 e. The van der Waals surface area contributed by atoms with Crippen LogP contribution in [0.1, 0.15) is 55.9 Å². The Morgan fingerprint density at radius 1 is 1.00 bits per heavy atom. The standard InChI is InChI=1S/C29H36ClN3O3S/c1-6-24-26(30)18-27(31)25(7-2)28(24)32-29(34)33(22-12-10-21(11-13-22)19(3)4)17-16-20-8-14-23(15-9-20)37(5,35)36/h8-15,18-19H,6-7,16-17,31H2,1-5H3,(H,32,34). The van der Waals surface area contributed by atoms with Crippen LogP contribution in [-0.4, -0.2) is 27.2 Å². The van der Waals surface area contributed by atoms with E-state index in [1.54, 1.807) is 35.2 Å². The molecule has 2 amide bonds. The summed E-state index contributed by atoms with van der Waals surface area (Å²) >= 11 is 6.49. The van der Waals surface area contributed by atoms with Gasteiger partial charge in [-0.15, -0.1) is 0 Å². The molecule has 0 saturated carbocycles. The highest BCUT2D eigenvalue weighted by Gasteiger charge is 2.21. The third-order valence-corrected chi connectivity index (χ3v) is 8.02. The zero-order chi connectivity index (χ0) is 27.3. The van der Waals surface area contributed by atoms with Crippen molar-refractivity contribution in [3.63, 3.8) is 0 Å². The molecule has 0 aliphatic rings. The summed E-state index contributed by atoms with van der Waals surface area (Å²) in [5.41, 5.74) is 12.1. The Labute approximate surface area is 225 Å². The van der Waals surface area contributed by atoms with Crippen molar-refractivity contribution >= 4 is 44.5 Å². The fourth-order valence-electron chi connectivity index (χ4n) is 4.34. The molecule has 3 aromatic carbocycles. The number of benzene rings is 3. The van der Waals surface area contributed by atoms with Gasteiger partial charge in [-0.1, -0.05) is 63.6 Å². The molecule has 37 heavy (non-hydrogen) atoms. The topological polar surface area (TPSA) is 92.5 Å². The molecule has 0 fully saturated rings. The van der Waals surface area contributed by atoms with Crippen LogP contribution in [0.15, 0.2) is 59.5 Å². The first-order valence-electron chi connectivity index (χ1n) is 12.5. The number of nitrogens with zero attached hydrogens (tertiary/aromatic N) is 1. The number of nitrogen functional groups attached to an aromatic ring is 1. The van der Waals surface area contributed by atoms with E-state index >= 15 is 0 Å². The second-order valence-corrected chi connectivity index (χ2v) is 11.9. The lowest BCUT2D eigenvalue weighted by atomic mass is 10.0. The molecule has 0 unspecified atom stereocenters. The average molecular weight is 542 g/mol. The van der Waals surface area contributed by atoms with Gasteiger partial charge in [0.2, 0.25) is 0 Å². The van der Waals surface area contributed by atoms with Gasteiger partial charge in [0, 0.05) is 29.2 Å². The van der Waals surface area contributed by atoms with Gasteiger partial charge < -0.3 is 11.1 Å². The zero-order valence-corrected chi connectivity index (χ0v) is 23.7. The zero-order valence-electron chi connectivity index (χ0n) is 22.1. The van der Waals surface area contributed by atoms with E-state index in [1.165, 1.54) is 11.8 Å². The fourth-order valence-corrected chi connectivity index (χ4v) is 5.32. The van der Waals surface area contributed by atoms with E-state index in [1.807, 2.05) is 38.1 Å². The first kappa shape index (κ1) is 28.5. The van der Waals surface area contributed by atoms with Gasteiger partial charge in [-0.05, 0) is 77.8 Å². The van der Waals surface area contributed by atoms with E-state index in [9.17, 15) is 13.2 Å². The average Bonchev–Trinajstić information content (AvgIpc) is 2.84. The minimum Gasteiger partial charge on any atom is -0.398 e. The Morgan fingerprint density at radius 3 is 2.11 bits per heavy atom. The van der Waals surface area contributed by atoms with Crippen LogP contribution in [0.25, 0.3) is 0 Å². The van der Waals surface area contributed by atoms with Crippen molar-refractivity contribution in [2.75, 3.05) is 28.8 Å². The summed E-state index contributed by atoms with van der Waals surface area (Å²) < 4.78 is 23.6. The number of halogens is 1. The van der Waals surface area contributed by atoms with Gasteiger partial charge in [-0.3, -0.25) is 4.90 Å². The Bertz CT molecular complexity index is 1320. The lowest BCUT2D eigenvalue weighted by Gasteiger charge is -2.26. The van der Waals surface area contributed by atoms with Gasteiger partial charge >= 0.3 is 6.03 Å². The number of hydrogen-bond acceptors (Lipinski definition) is 4. The second-order valence-electron chi connectivity index (χ2n) is 9.48. The number of rotatable bonds is 9. The Balaban J connectivity index is 1.95. The summed E-state index contributed by atoms with van der Waals surface area (Å²) in [6.45, 7) is 8.64. The summed E-state index contributed by atoms with van der Waals surface area (Å²) in [4.78, 5) is 15.7. The molecule has 0 heterocycles. The molecule has 198 valence electrons. The van der Waals surface area contributed by atoms with Crippen LogP contribution < -0.4 is 16.0 Å². The monoisotopic (exact) mass is 541 g/mol. The molecule has 3 N–H and O–H groups in total. The molecule has 0 atom stereocenters. The highest BCUT2D eigenvalue weighted by Crippen LogP contribution is 2.34. The van der Waals surface area contributed by atoms with Crippen LogP contribution in [0, 0.1) is 0 Å². The number of nitrogens with one attached hydrogen (secondary N) is 1. The van der Waals surface area contributed by atoms with Crippen LogP contribution in [0.3, 0.4) is 0 Å². The SMILES string of the molecule is CCc1c(N)cc(Cl)c(CC)c1NC(=O)N(CCc1ccc(S(C)(=O)=O)cc1)c1ccc(C(C)C)cc1. The lowest BCUT2D eigenvalue weighted by Crippen LogP contribution is -2.37. The van der Waals surface area contributed by atoms with Crippen molar-refractivity contribution in [2.45, 2.75) is 57.8 Å². The normalized spacial score (nSPS) is 11.5. The third kappa shape index (κ3) is 6.84. The number of carbonyl (C=O) groups is 1. The molecule has 3 rings (SSSR count). The van der Waals surface area contributed by atoms with E-state index < -0.39 is 9.84 Å². The highest BCUT2D eigenvalue weighted by atomic mass is 35.5. The van der Waals surface area contributed by atoms with Crippen molar-refractivity contribution in [3.8, 4) is 0 Å². The predicted molar refractivity (Wildman–Crippen MR) is 155 cm³/mol. The van der Waals surface area contributed by atoms with Crippen molar-refractivity contribution in [1.29, 1.82) is 0 Å². The van der Waals surface area contributed by atoms with Crippen LogP contribution in [0.5, 0.6) is 0 Å². The summed E-state index contributed by atoms with van der Waals surface area (Å²) in [6.07, 6.45) is 3.04. The number of carbonyl (C=O) groups excluding carboxylic acids is 1. The smallest absolute Gasteiger partial charge is 0.326 e. The molecule has 0 bridgehead atoms. The van der Waals surface area contributed by atoms with Gasteiger partial charge in [0.1, 0.15) is 0 Å². The van der Waals surface area contributed by atoms with Gasteiger partial charge in [0.25, 0.3) is 0 Å². The molecular weight excluding hydrogens is 506 g/mol. The van der Waals surface area contributed by atoms with Gasteiger partial charge in [0.15, 0.2) is 9.84 Å². The number of sulfone groups is 1. The molecule has 6 nitrogen and oxygen atoms in total. The number of anilines is 3. The summed E-state index contributed by atoms with van der Waals surface area (Å²) in [6, 6.07) is 16.2. The molecule has 0 saturated heterocycles. The van der Waals surface area contributed by atoms with Crippen LogP contribution in [0.4, 0.5) is 21.9 Å². The molecular formula is C29H36ClN3O3S. The number of urea groups is 1. The van der Waals surface area contributed by atoms with Gasteiger partial charge in [-0.25, -0.2) is 13.2 Å². The first-order chi connectivity index (χ1) is 17.5. The molecule has 0 aliphatic carbocycles. The summed E-state index contributed by atoms with van der Waals surface area (Å²) in [5.74, 6) is 0.373. The molecule has 8 heteroatoms. The molecule has 3 aromatic rings. The first-order valence-corrected chi connectivity index (χ1v) is 14.8. The van der Waals surface area contributed by atoms with Crippen LogP contribution >= 0.6 is 11.6 Å². The minimum absolute atomic E-state index is 0.271. The van der Waals surface area contributed by atoms with Gasteiger partial charge in [0.05, 0.1) is 10.6 Å². The summed E-state index contributed by atoms with van der Waals surface area (Å²) in [7, 11) is -3.27. The van der Waals surface area contributed by atoms with Crippen molar-refractivity contribution in [3.05, 3.63) is 81.9 Å². The quantitative estimate of drug-likeness (QED) is 0.289. The largest absolute Gasteiger partial charge is 0.398 e. The highest BCUT2D eigenvalue weighted by molar-refractivity contribution is 7.90. The third-order valence-electron chi connectivity index (χ3n) is 6.55. The molecule has 0 radical (unpaired) electrons. The van der Waals surface area contributed by atoms with E-state index in [-0.39, 0.29) is 10.9 Å². The summed E-state index contributed by atoms with van der Waals surface area (Å²) in [5, 5.41) is 3.64. The Morgan fingerprint density at radius 2 is 1.59 bits per heavy atom. The van der Waals surface area contributed by atoms with Crippen molar-refractivity contribution in [2.24, 2.45) is 0 Å². The Kier molecular flexibility index (Phi) is 9.26. The van der Waals surface area contributed by atoms with Crippen LogP contribution in [-0.2, 0) is 29.1 Å². The number of nitrogens with two attached hydrogens (primary N) is 1. The van der Waals surface area contributed by atoms with E-state index in [2.05, 4.69) is 19.2 Å². The van der Waals surface area contributed by atoms with Crippen molar-refractivity contribution < 1.29 is 13.2 Å². The molecule has 0 spiro atoms. The van der Waals surface area contributed by atoms with E-state index in [4.69, 9.17) is 17.3 Å². The maximum atomic E-state index is 13.7. The second kappa shape index (κ2) is 12.0. The lowest BCUT2D eigenvalue weighted by molar-refractivity contribution is 0.257. The molecule has 0 aliphatic heterocycles. The minimum atomic E-state index is -3.27. The van der Waals surface area contributed by atoms with E-state index in [0.29, 0.717) is 48.1 Å². The van der Waals surface area contributed by atoms with Gasteiger partial charge in [-0.2, -0.15) is 0 Å². The van der Waals surface area contributed by atoms with Crippen molar-refractivity contribution in [1.82, 2.24) is 0 Å². The fraction of sp³-hybridized carbons (Fsp3) is 0.345. The number of hydrogen-bond donors (Lipinski definition) is 2. The van der Waals surface area contributed by atoms with E-state index in [0.717, 1.165) is 22.4 Å². The predicted octanol–water partition coefficient (Wildman–Crippen LogP) is 6.86. The van der Waals surface area contributed by atoms with Crippen LogP contribution in [0.2, 0.25) is 5.02 Å².